The maximum Gasteiger partial charge on any atom is 0.264 e. The second-order valence-corrected chi connectivity index (χ2v) is 13.1. The summed E-state index contributed by atoms with van der Waals surface area (Å²) < 4.78 is 29.2. The van der Waals surface area contributed by atoms with Crippen LogP contribution in [0.15, 0.2) is 71.6 Å². The van der Waals surface area contributed by atoms with Crippen LogP contribution in [0.25, 0.3) is 0 Å². The molecule has 1 atom stereocenters. The Balaban J connectivity index is 2.10. The minimum absolute atomic E-state index is 0.0578. The van der Waals surface area contributed by atoms with Crippen LogP contribution in [-0.4, -0.2) is 44.3 Å². The Kier molecular flexibility index (Phi) is 11.0. The molecule has 0 aliphatic rings. The van der Waals surface area contributed by atoms with E-state index in [1.165, 1.54) is 17.0 Å². The Morgan fingerprint density at radius 1 is 0.927 bits per heavy atom. The average Bonchev–Trinajstić information content (AvgIpc) is 2.93. The molecule has 1 N–H and O–H groups in total. The quantitative estimate of drug-likeness (QED) is 0.276. The number of rotatable bonds is 12. The van der Waals surface area contributed by atoms with Crippen molar-refractivity contribution in [2.45, 2.75) is 65.4 Å². The fraction of sp³-hybridized carbons (Fsp3) is 0.375. The minimum Gasteiger partial charge on any atom is -0.354 e. The Morgan fingerprint density at radius 3 is 2.20 bits per heavy atom. The number of nitrogens with one attached hydrogen (secondary N) is 1. The number of carbonyl (C=O) groups excluding carboxylic acids is 2. The van der Waals surface area contributed by atoms with Gasteiger partial charge in [0.1, 0.15) is 12.6 Å². The molecule has 0 fully saturated rings. The molecule has 220 valence electrons. The van der Waals surface area contributed by atoms with Crippen LogP contribution in [0, 0.1) is 26.7 Å². The van der Waals surface area contributed by atoms with E-state index < -0.39 is 28.5 Å². The van der Waals surface area contributed by atoms with Gasteiger partial charge in [0.25, 0.3) is 10.0 Å². The third-order valence-corrected chi connectivity index (χ3v) is 9.01. The summed E-state index contributed by atoms with van der Waals surface area (Å²) in [6.45, 7) is 11.6. The van der Waals surface area contributed by atoms with Crippen molar-refractivity contribution in [3.63, 3.8) is 0 Å². The third-order valence-electron chi connectivity index (χ3n) is 7.00. The zero-order valence-corrected chi connectivity index (χ0v) is 26.2. The summed E-state index contributed by atoms with van der Waals surface area (Å²) >= 11 is 6.31. The van der Waals surface area contributed by atoms with Crippen LogP contribution in [-0.2, 0) is 26.2 Å². The molecule has 0 saturated heterocycles. The van der Waals surface area contributed by atoms with E-state index in [0.717, 1.165) is 21.0 Å². The van der Waals surface area contributed by atoms with Gasteiger partial charge in [0, 0.05) is 18.1 Å². The average molecular weight is 598 g/mol. The fourth-order valence-corrected chi connectivity index (χ4v) is 6.15. The van der Waals surface area contributed by atoms with Crippen LogP contribution in [0.4, 0.5) is 5.69 Å². The van der Waals surface area contributed by atoms with Gasteiger partial charge in [-0.05, 0) is 74.1 Å². The lowest BCUT2D eigenvalue weighted by atomic mass is 10.1. The monoisotopic (exact) mass is 597 g/mol. The van der Waals surface area contributed by atoms with Crippen LogP contribution in [0.5, 0.6) is 0 Å². The molecular formula is C32H40ClN3O4S. The highest BCUT2D eigenvalue weighted by atomic mass is 35.5. The molecule has 9 heteroatoms. The highest BCUT2D eigenvalue weighted by Crippen LogP contribution is 2.30. The smallest absolute Gasteiger partial charge is 0.264 e. The number of hydrogen-bond acceptors (Lipinski definition) is 4. The van der Waals surface area contributed by atoms with Gasteiger partial charge >= 0.3 is 0 Å². The number of amides is 2. The number of hydrogen-bond donors (Lipinski definition) is 1. The minimum atomic E-state index is -4.17. The Bertz CT molecular complexity index is 1470. The van der Waals surface area contributed by atoms with Gasteiger partial charge in [-0.2, -0.15) is 0 Å². The highest BCUT2D eigenvalue weighted by Gasteiger charge is 2.34. The first-order chi connectivity index (χ1) is 19.3. The number of benzene rings is 3. The zero-order valence-electron chi connectivity index (χ0n) is 24.6. The van der Waals surface area contributed by atoms with Gasteiger partial charge in [-0.25, -0.2) is 8.42 Å². The van der Waals surface area contributed by atoms with Crippen molar-refractivity contribution in [2.75, 3.05) is 17.4 Å². The van der Waals surface area contributed by atoms with E-state index in [1.807, 2.05) is 58.9 Å². The lowest BCUT2D eigenvalue weighted by molar-refractivity contribution is -0.140. The maximum atomic E-state index is 14.2. The molecule has 2 amide bonds. The van der Waals surface area contributed by atoms with Gasteiger partial charge in [-0.1, -0.05) is 80.4 Å². The van der Waals surface area contributed by atoms with E-state index in [9.17, 15) is 18.0 Å². The normalized spacial score (nSPS) is 12.2. The lowest BCUT2D eigenvalue weighted by Crippen LogP contribution is -2.52. The number of halogens is 1. The topological polar surface area (TPSA) is 86.8 Å². The predicted molar refractivity (Wildman–Crippen MR) is 166 cm³/mol. The Hall–Kier alpha value is -3.36. The van der Waals surface area contributed by atoms with Crippen molar-refractivity contribution in [2.24, 2.45) is 5.92 Å². The van der Waals surface area contributed by atoms with E-state index in [-0.39, 0.29) is 23.3 Å². The molecule has 0 heterocycles. The standard InChI is InChI=1S/C32H40ClN3O4S/c1-7-29(32(38)34-19-22(2)3)35(20-26-11-9-8-10-24(26)5)31(37)21-36(30-18-27(33)15-14-25(30)6)41(39,40)28-16-12-23(4)13-17-28/h8-18,22,29H,7,19-21H2,1-6H3,(H,34,38). The highest BCUT2D eigenvalue weighted by molar-refractivity contribution is 7.92. The van der Waals surface area contributed by atoms with Gasteiger partial charge in [-0.3, -0.25) is 13.9 Å². The molecule has 0 aromatic heterocycles. The van der Waals surface area contributed by atoms with E-state index in [4.69, 9.17) is 11.6 Å². The maximum absolute atomic E-state index is 14.2. The number of nitrogens with zero attached hydrogens (tertiary/aromatic N) is 2. The Labute approximate surface area is 249 Å². The van der Waals surface area contributed by atoms with E-state index in [0.29, 0.717) is 29.2 Å². The first kappa shape index (κ1) is 32.2. The first-order valence-electron chi connectivity index (χ1n) is 13.8. The van der Waals surface area contributed by atoms with Crippen molar-refractivity contribution in [1.29, 1.82) is 0 Å². The lowest BCUT2D eigenvalue weighted by Gasteiger charge is -2.34. The fourth-order valence-electron chi connectivity index (χ4n) is 4.52. The molecule has 41 heavy (non-hydrogen) atoms. The predicted octanol–water partition coefficient (Wildman–Crippen LogP) is 6.04. The largest absolute Gasteiger partial charge is 0.354 e. The number of anilines is 1. The first-order valence-corrected chi connectivity index (χ1v) is 15.6. The number of sulfonamides is 1. The van der Waals surface area contributed by atoms with Crippen LogP contribution in [0.1, 0.15) is 49.4 Å². The van der Waals surface area contributed by atoms with Gasteiger partial charge in [-0.15, -0.1) is 0 Å². The van der Waals surface area contributed by atoms with Gasteiger partial charge in [0.15, 0.2) is 0 Å². The molecule has 0 aliphatic carbocycles. The van der Waals surface area contributed by atoms with Crippen LogP contribution in [0.3, 0.4) is 0 Å². The molecule has 0 saturated carbocycles. The van der Waals surface area contributed by atoms with E-state index in [2.05, 4.69) is 5.32 Å². The molecule has 0 spiro atoms. The van der Waals surface area contributed by atoms with Crippen LogP contribution >= 0.6 is 11.6 Å². The van der Waals surface area contributed by atoms with E-state index in [1.54, 1.807) is 37.3 Å². The summed E-state index contributed by atoms with van der Waals surface area (Å²) in [6.07, 6.45) is 0.364. The summed E-state index contributed by atoms with van der Waals surface area (Å²) in [5.41, 5.74) is 3.71. The van der Waals surface area contributed by atoms with Gasteiger partial charge in [0.2, 0.25) is 11.8 Å². The SMILES string of the molecule is CCC(C(=O)NCC(C)C)N(Cc1ccccc1C)C(=O)CN(c1cc(Cl)ccc1C)S(=O)(=O)c1ccc(C)cc1. The van der Waals surface area contributed by atoms with Crippen molar-refractivity contribution >= 4 is 39.1 Å². The van der Waals surface area contributed by atoms with Crippen LogP contribution < -0.4 is 9.62 Å². The molecule has 0 aliphatic heterocycles. The second kappa shape index (κ2) is 14.0. The molecule has 3 aromatic rings. The van der Waals surface area contributed by atoms with Crippen molar-refractivity contribution in [1.82, 2.24) is 10.2 Å². The van der Waals surface area contributed by atoms with Crippen molar-refractivity contribution in [3.8, 4) is 0 Å². The summed E-state index contributed by atoms with van der Waals surface area (Å²) in [5.74, 6) is -0.525. The van der Waals surface area contributed by atoms with Gasteiger partial charge < -0.3 is 10.2 Å². The molecule has 3 rings (SSSR count). The molecule has 1 unspecified atom stereocenters. The molecule has 7 nitrogen and oxygen atoms in total. The molecule has 3 aromatic carbocycles. The molecule has 0 bridgehead atoms. The molecule has 0 radical (unpaired) electrons. The summed E-state index contributed by atoms with van der Waals surface area (Å²) in [7, 11) is -4.17. The summed E-state index contributed by atoms with van der Waals surface area (Å²) in [6, 6.07) is 18.3. The second-order valence-electron chi connectivity index (χ2n) is 10.8. The number of carbonyl (C=O) groups is 2. The van der Waals surface area contributed by atoms with Gasteiger partial charge in [0.05, 0.1) is 10.6 Å². The van der Waals surface area contributed by atoms with E-state index >= 15 is 0 Å². The number of aryl methyl sites for hydroxylation is 3. The zero-order chi connectivity index (χ0) is 30.3. The van der Waals surface area contributed by atoms with Crippen molar-refractivity contribution in [3.05, 3.63) is 94.0 Å². The third kappa shape index (κ3) is 8.11. The van der Waals surface area contributed by atoms with Crippen LogP contribution in [0.2, 0.25) is 5.02 Å². The van der Waals surface area contributed by atoms with Crippen molar-refractivity contribution < 1.29 is 18.0 Å². The Morgan fingerprint density at radius 2 is 1.59 bits per heavy atom. The summed E-state index contributed by atoms with van der Waals surface area (Å²) in [4.78, 5) is 29.1. The summed E-state index contributed by atoms with van der Waals surface area (Å²) in [5, 5.41) is 3.30. The molecular weight excluding hydrogens is 558 g/mol.